The topological polar surface area (TPSA) is 103 Å². The number of carbonyl (C=O) groups excluding carboxylic acids is 2. The predicted octanol–water partition coefficient (Wildman–Crippen LogP) is 2.71. The summed E-state index contributed by atoms with van der Waals surface area (Å²) < 4.78 is 5.27. The van der Waals surface area contributed by atoms with Crippen LogP contribution in [0.1, 0.15) is 35.3 Å². The summed E-state index contributed by atoms with van der Waals surface area (Å²) >= 11 is 11.8. The Morgan fingerprint density at radius 2 is 1.90 bits per heavy atom. The summed E-state index contributed by atoms with van der Waals surface area (Å²) in [5, 5.41) is 16.5. The Morgan fingerprint density at radius 1 is 1.20 bits per heavy atom. The summed E-state index contributed by atoms with van der Waals surface area (Å²) in [6.07, 6.45) is 1.90. The van der Waals surface area contributed by atoms with Gasteiger partial charge in [-0.25, -0.2) is 0 Å². The first kappa shape index (κ1) is 22.6. The van der Waals surface area contributed by atoms with Crippen LogP contribution >= 0.6 is 23.2 Å². The van der Waals surface area contributed by atoms with E-state index in [2.05, 4.69) is 15.6 Å². The van der Waals surface area contributed by atoms with Gasteiger partial charge in [0.15, 0.2) is 0 Å². The van der Waals surface area contributed by atoms with E-state index < -0.39 is 17.6 Å². The van der Waals surface area contributed by atoms with Crippen LogP contribution in [-0.2, 0) is 16.0 Å². The number of H-pyrrole nitrogens is 1. The van der Waals surface area contributed by atoms with Crippen molar-refractivity contribution >= 4 is 35.0 Å². The number of aromatic amines is 1. The highest BCUT2D eigenvalue weighted by atomic mass is 35.5. The molecule has 1 aliphatic rings. The molecule has 7 nitrogen and oxygen atoms in total. The van der Waals surface area contributed by atoms with E-state index >= 15 is 0 Å². The van der Waals surface area contributed by atoms with Crippen molar-refractivity contribution in [2.45, 2.75) is 37.3 Å². The van der Waals surface area contributed by atoms with Crippen LogP contribution in [0.15, 0.2) is 36.4 Å². The monoisotopic (exact) mass is 453 g/mol. The highest BCUT2D eigenvalue weighted by Gasteiger charge is 2.31. The van der Waals surface area contributed by atoms with E-state index in [1.165, 1.54) is 6.07 Å². The van der Waals surface area contributed by atoms with Gasteiger partial charge >= 0.3 is 0 Å². The predicted molar refractivity (Wildman–Crippen MR) is 115 cm³/mol. The number of aromatic nitrogens is 1. The molecule has 1 aromatic heterocycles. The van der Waals surface area contributed by atoms with Gasteiger partial charge in [0.2, 0.25) is 5.91 Å². The van der Waals surface area contributed by atoms with Gasteiger partial charge in [0.25, 0.3) is 5.91 Å². The van der Waals surface area contributed by atoms with Crippen LogP contribution in [0, 0.1) is 0 Å². The molecule has 4 N–H and O–H groups in total. The molecule has 1 saturated heterocycles. The molecule has 30 heavy (non-hydrogen) atoms. The van der Waals surface area contributed by atoms with Gasteiger partial charge < -0.3 is 25.5 Å². The largest absolute Gasteiger partial charge is 0.388 e. The third-order valence-electron chi connectivity index (χ3n) is 5.17. The van der Waals surface area contributed by atoms with Gasteiger partial charge in [-0.3, -0.25) is 9.59 Å². The first-order chi connectivity index (χ1) is 14.4. The average molecular weight is 454 g/mol. The number of rotatable bonds is 8. The molecule has 0 saturated carbocycles. The number of carbonyl (C=O) groups is 2. The highest BCUT2D eigenvalue weighted by Crippen LogP contribution is 2.22. The molecule has 1 fully saturated rings. The van der Waals surface area contributed by atoms with Crippen molar-refractivity contribution in [2.75, 3.05) is 19.8 Å². The molecule has 0 unspecified atom stereocenters. The van der Waals surface area contributed by atoms with Crippen LogP contribution in [0.2, 0.25) is 10.2 Å². The zero-order chi connectivity index (χ0) is 21.6. The van der Waals surface area contributed by atoms with E-state index in [1.54, 1.807) is 0 Å². The Balaban J connectivity index is 1.65. The molecule has 162 valence electrons. The summed E-state index contributed by atoms with van der Waals surface area (Å²) in [4.78, 5) is 28.1. The minimum absolute atomic E-state index is 0.104. The number of hydrogen-bond donors (Lipinski definition) is 4. The van der Waals surface area contributed by atoms with Crippen molar-refractivity contribution in [3.05, 3.63) is 57.8 Å². The Morgan fingerprint density at radius 3 is 2.53 bits per heavy atom. The fourth-order valence-corrected chi connectivity index (χ4v) is 3.60. The zero-order valence-electron chi connectivity index (χ0n) is 16.4. The third-order valence-corrected chi connectivity index (χ3v) is 5.86. The molecule has 1 aliphatic heterocycles. The van der Waals surface area contributed by atoms with E-state index in [0.29, 0.717) is 38.9 Å². The maximum Gasteiger partial charge on any atom is 0.268 e. The molecule has 2 heterocycles. The number of aryl methyl sites for hydroxylation is 1. The minimum atomic E-state index is -0.998. The van der Waals surface area contributed by atoms with E-state index in [9.17, 15) is 14.7 Å². The van der Waals surface area contributed by atoms with Gasteiger partial charge in [0.05, 0.1) is 10.6 Å². The number of halogens is 2. The van der Waals surface area contributed by atoms with Crippen molar-refractivity contribution in [3.8, 4) is 0 Å². The first-order valence-electron chi connectivity index (χ1n) is 9.83. The number of hydrogen-bond acceptors (Lipinski definition) is 4. The lowest BCUT2D eigenvalue weighted by molar-refractivity contribution is -0.125. The van der Waals surface area contributed by atoms with Crippen LogP contribution < -0.4 is 10.6 Å². The summed E-state index contributed by atoms with van der Waals surface area (Å²) in [5.74, 6) is -0.843. The zero-order valence-corrected chi connectivity index (χ0v) is 17.9. The van der Waals surface area contributed by atoms with Crippen LogP contribution in [0.3, 0.4) is 0 Å². The van der Waals surface area contributed by atoms with Gasteiger partial charge in [0, 0.05) is 32.6 Å². The smallest absolute Gasteiger partial charge is 0.268 e. The molecule has 2 amide bonds. The van der Waals surface area contributed by atoms with Gasteiger partial charge in [-0.15, -0.1) is 0 Å². The van der Waals surface area contributed by atoms with Gasteiger partial charge in [-0.1, -0.05) is 53.5 Å². The number of aliphatic hydroxyl groups is 1. The van der Waals surface area contributed by atoms with E-state index in [-0.39, 0.29) is 28.3 Å². The standard InChI is InChI=1S/C21H25Cl2N3O4/c22-15-12-17(25-18(15)23)20(28)26-16(7-6-14-4-2-1-3-5-14)19(27)24-13-21(29)8-10-30-11-9-21/h1-5,12,16,25,29H,6-11,13H2,(H,24,27)(H,26,28)/t16-/m0/s1. The summed E-state index contributed by atoms with van der Waals surface area (Å²) in [7, 11) is 0. The van der Waals surface area contributed by atoms with Crippen LogP contribution in [-0.4, -0.2) is 53.3 Å². The van der Waals surface area contributed by atoms with Crippen molar-refractivity contribution in [1.82, 2.24) is 15.6 Å². The second kappa shape index (κ2) is 10.3. The number of amides is 2. The maximum absolute atomic E-state index is 12.9. The fraction of sp³-hybridized carbons (Fsp3) is 0.429. The summed E-state index contributed by atoms with van der Waals surface area (Å²) in [6, 6.07) is 10.3. The fourth-order valence-electron chi connectivity index (χ4n) is 3.29. The van der Waals surface area contributed by atoms with Crippen molar-refractivity contribution in [1.29, 1.82) is 0 Å². The van der Waals surface area contributed by atoms with Gasteiger partial charge in [0.1, 0.15) is 16.9 Å². The van der Waals surface area contributed by atoms with E-state index in [0.717, 1.165) is 5.56 Å². The van der Waals surface area contributed by atoms with Crippen molar-refractivity contribution < 1.29 is 19.4 Å². The lowest BCUT2D eigenvalue weighted by atomic mass is 9.94. The number of ether oxygens (including phenoxy) is 1. The molecule has 2 aromatic rings. The molecule has 3 rings (SSSR count). The van der Waals surface area contributed by atoms with Crippen LogP contribution in [0.4, 0.5) is 0 Å². The lowest BCUT2D eigenvalue weighted by Crippen LogP contribution is -2.52. The number of benzene rings is 1. The quantitative estimate of drug-likeness (QED) is 0.493. The van der Waals surface area contributed by atoms with Crippen LogP contribution in [0.25, 0.3) is 0 Å². The Labute approximate surface area is 185 Å². The van der Waals surface area contributed by atoms with E-state index in [4.69, 9.17) is 27.9 Å². The highest BCUT2D eigenvalue weighted by molar-refractivity contribution is 6.41. The molecule has 9 heteroatoms. The summed E-state index contributed by atoms with van der Waals surface area (Å²) in [6.45, 7) is 1.01. The van der Waals surface area contributed by atoms with Crippen LogP contribution in [0.5, 0.6) is 0 Å². The lowest BCUT2D eigenvalue weighted by Gasteiger charge is -2.32. The van der Waals surface area contributed by atoms with Crippen molar-refractivity contribution in [3.63, 3.8) is 0 Å². The SMILES string of the molecule is O=C(N[C@@H](CCc1ccccc1)C(=O)NCC1(O)CCOCC1)c1cc(Cl)c(Cl)[nH]1. The number of nitrogens with one attached hydrogen (secondary N) is 3. The Kier molecular flexibility index (Phi) is 7.77. The Hall–Kier alpha value is -2.06. The second-order valence-electron chi connectivity index (χ2n) is 7.45. The molecule has 0 radical (unpaired) electrons. The third kappa shape index (κ3) is 6.22. The normalized spacial score (nSPS) is 16.6. The first-order valence-corrected chi connectivity index (χ1v) is 10.6. The molecule has 0 spiro atoms. The molecular formula is C21H25Cl2N3O4. The van der Waals surface area contributed by atoms with Gasteiger partial charge in [-0.2, -0.15) is 0 Å². The second-order valence-corrected chi connectivity index (χ2v) is 8.23. The Bertz CT molecular complexity index is 847. The molecule has 0 aliphatic carbocycles. The maximum atomic E-state index is 12.9. The molecule has 1 atom stereocenters. The van der Waals surface area contributed by atoms with Crippen molar-refractivity contribution in [2.24, 2.45) is 0 Å². The molecule has 0 bridgehead atoms. The minimum Gasteiger partial charge on any atom is -0.388 e. The summed E-state index contributed by atoms with van der Waals surface area (Å²) in [5.41, 5.74) is 0.228. The van der Waals surface area contributed by atoms with E-state index in [1.807, 2.05) is 30.3 Å². The average Bonchev–Trinajstić information content (AvgIpc) is 3.09. The molecular weight excluding hydrogens is 429 g/mol. The molecule has 1 aromatic carbocycles. The van der Waals surface area contributed by atoms with Gasteiger partial charge in [-0.05, 0) is 24.5 Å².